The van der Waals surface area contributed by atoms with Crippen molar-refractivity contribution < 1.29 is 19.5 Å². The molecule has 1 aliphatic rings. The lowest BCUT2D eigenvalue weighted by Gasteiger charge is -1.99. The van der Waals surface area contributed by atoms with Gasteiger partial charge in [-0.15, -0.1) is 0 Å². The van der Waals surface area contributed by atoms with E-state index in [0.29, 0.717) is 0 Å². The molecule has 0 radical (unpaired) electrons. The number of imide groups is 1. The Kier molecular flexibility index (Phi) is 2.69. The molecule has 0 saturated carbocycles. The first kappa shape index (κ1) is 9.05. The van der Waals surface area contributed by atoms with Gasteiger partial charge in [0.05, 0.1) is 5.25 Å². The normalized spacial score (nSPS) is 22.5. The second-order valence-electron chi connectivity index (χ2n) is 2.32. The standard InChI is InChI=1S/C6H7NO4S/c8-4(9)2-1-3-5(10)7-6(11)12-3/h3H,1-2H2,(H,8,9)(H,7,10,11). The van der Waals surface area contributed by atoms with Crippen molar-refractivity contribution >= 4 is 28.9 Å². The highest BCUT2D eigenvalue weighted by Crippen LogP contribution is 2.22. The summed E-state index contributed by atoms with van der Waals surface area (Å²) in [7, 11) is 0. The second-order valence-corrected chi connectivity index (χ2v) is 3.49. The smallest absolute Gasteiger partial charge is 0.303 e. The van der Waals surface area contributed by atoms with Crippen LogP contribution in [0.15, 0.2) is 0 Å². The summed E-state index contributed by atoms with van der Waals surface area (Å²) >= 11 is 0.853. The fraction of sp³-hybridized carbons (Fsp3) is 0.500. The summed E-state index contributed by atoms with van der Waals surface area (Å²) in [5.41, 5.74) is 0. The van der Waals surface area contributed by atoms with Crippen molar-refractivity contribution in [2.24, 2.45) is 0 Å². The van der Waals surface area contributed by atoms with Gasteiger partial charge >= 0.3 is 5.97 Å². The zero-order chi connectivity index (χ0) is 9.14. The SMILES string of the molecule is O=C(O)CCC1SC(=O)NC1=O. The van der Waals surface area contributed by atoms with Crippen LogP contribution in [0.5, 0.6) is 0 Å². The van der Waals surface area contributed by atoms with Gasteiger partial charge < -0.3 is 5.11 Å². The summed E-state index contributed by atoms with van der Waals surface area (Å²) in [5, 5.41) is 9.47. The van der Waals surface area contributed by atoms with Crippen molar-refractivity contribution in [1.82, 2.24) is 5.32 Å². The molecule has 2 amide bonds. The fourth-order valence-electron chi connectivity index (χ4n) is 0.838. The van der Waals surface area contributed by atoms with Crippen LogP contribution in [-0.4, -0.2) is 27.5 Å². The molecule has 0 aliphatic carbocycles. The van der Waals surface area contributed by atoms with Gasteiger partial charge in [0.25, 0.3) is 5.24 Å². The van der Waals surface area contributed by atoms with Crippen LogP contribution in [0.1, 0.15) is 12.8 Å². The van der Waals surface area contributed by atoms with E-state index in [1.165, 1.54) is 0 Å². The third-order valence-corrected chi connectivity index (χ3v) is 2.44. The Labute approximate surface area is 72.5 Å². The Balaban J connectivity index is 2.38. The van der Waals surface area contributed by atoms with Crippen molar-refractivity contribution in [3.05, 3.63) is 0 Å². The number of amides is 2. The lowest BCUT2D eigenvalue weighted by atomic mass is 10.2. The topological polar surface area (TPSA) is 83.5 Å². The van der Waals surface area contributed by atoms with Crippen molar-refractivity contribution in [3.63, 3.8) is 0 Å². The van der Waals surface area contributed by atoms with Crippen LogP contribution in [0.25, 0.3) is 0 Å². The number of hydrogen-bond donors (Lipinski definition) is 2. The number of carboxylic acid groups (broad SMARTS) is 1. The third kappa shape index (κ3) is 2.23. The van der Waals surface area contributed by atoms with E-state index in [-0.39, 0.29) is 18.7 Å². The molecule has 1 heterocycles. The average molecular weight is 189 g/mol. The summed E-state index contributed by atoms with van der Waals surface area (Å²) in [6.07, 6.45) is 0.121. The summed E-state index contributed by atoms with van der Waals surface area (Å²) in [5.74, 6) is -1.34. The summed E-state index contributed by atoms with van der Waals surface area (Å²) in [6.45, 7) is 0. The van der Waals surface area contributed by atoms with Crippen molar-refractivity contribution in [1.29, 1.82) is 0 Å². The first-order valence-corrected chi connectivity index (χ1v) is 4.21. The largest absolute Gasteiger partial charge is 0.481 e. The van der Waals surface area contributed by atoms with Crippen LogP contribution in [0, 0.1) is 0 Å². The van der Waals surface area contributed by atoms with Crippen LogP contribution in [-0.2, 0) is 9.59 Å². The minimum Gasteiger partial charge on any atom is -0.481 e. The number of nitrogens with one attached hydrogen (secondary N) is 1. The number of carbonyl (C=O) groups is 3. The Hall–Kier alpha value is -1.04. The molecule has 0 aromatic rings. The Morgan fingerprint density at radius 3 is 2.67 bits per heavy atom. The van der Waals surface area contributed by atoms with Gasteiger partial charge in [0.15, 0.2) is 0 Å². The highest BCUT2D eigenvalue weighted by atomic mass is 32.2. The molecule has 1 fully saturated rings. The number of hydrogen-bond acceptors (Lipinski definition) is 4. The number of thioether (sulfide) groups is 1. The molecular weight excluding hydrogens is 182 g/mol. The molecule has 1 rings (SSSR count). The van der Waals surface area contributed by atoms with E-state index in [4.69, 9.17) is 5.11 Å². The first-order valence-electron chi connectivity index (χ1n) is 3.33. The molecule has 1 saturated heterocycles. The lowest BCUT2D eigenvalue weighted by Crippen LogP contribution is -2.24. The van der Waals surface area contributed by atoms with E-state index in [0.717, 1.165) is 11.8 Å². The van der Waals surface area contributed by atoms with Crippen LogP contribution in [0.2, 0.25) is 0 Å². The van der Waals surface area contributed by atoms with Gasteiger partial charge in [0.1, 0.15) is 0 Å². The highest BCUT2D eigenvalue weighted by Gasteiger charge is 2.31. The van der Waals surface area contributed by atoms with Crippen LogP contribution >= 0.6 is 11.8 Å². The van der Waals surface area contributed by atoms with Gasteiger partial charge in [-0.05, 0) is 6.42 Å². The third-order valence-electron chi connectivity index (χ3n) is 1.39. The second kappa shape index (κ2) is 3.57. The molecule has 1 unspecified atom stereocenters. The molecule has 66 valence electrons. The van der Waals surface area contributed by atoms with Gasteiger partial charge in [-0.1, -0.05) is 11.8 Å². The minimum atomic E-state index is -0.956. The molecule has 1 aliphatic heterocycles. The monoisotopic (exact) mass is 189 g/mol. The maximum atomic E-state index is 10.9. The van der Waals surface area contributed by atoms with Crippen molar-refractivity contribution in [3.8, 4) is 0 Å². The minimum absolute atomic E-state index is 0.0850. The zero-order valence-corrected chi connectivity index (χ0v) is 6.89. The van der Waals surface area contributed by atoms with Gasteiger partial charge in [0.2, 0.25) is 5.91 Å². The highest BCUT2D eigenvalue weighted by molar-refractivity contribution is 8.15. The average Bonchev–Trinajstić information content (AvgIpc) is 2.26. The van der Waals surface area contributed by atoms with E-state index in [1.54, 1.807) is 0 Å². The van der Waals surface area contributed by atoms with Gasteiger partial charge in [-0.25, -0.2) is 0 Å². The number of aliphatic carboxylic acids is 1. The fourth-order valence-corrected chi connectivity index (χ4v) is 1.66. The zero-order valence-electron chi connectivity index (χ0n) is 6.07. The quantitative estimate of drug-likeness (QED) is 0.662. The first-order chi connectivity index (χ1) is 5.59. The predicted molar refractivity (Wildman–Crippen MR) is 41.8 cm³/mol. The van der Waals surface area contributed by atoms with Gasteiger partial charge in [-0.3, -0.25) is 19.7 Å². The molecule has 2 N–H and O–H groups in total. The number of rotatable bonds is 3. The molecule has 6 heteroatoms. The molecule has 12 heavy (non-hydrogen) atoms. The Bertz CT molecular complexity index is 240. The number of carboxylic acids is 1. The van der Waals surface area contributed by atoms with Crippen LogP contribution < -0.4 is 5.32 Å². The van der Waals surface area contributed by atoms with E-state index >= 15 is 0 Å². The van der Waals surface area contributed by atoms with Crippen molar-refractivity contribution in [2.75, 3.05) is 0 Å². The molecule has 0 aromatic carbocycles. The molecule has 0 bridgehead atoms. The summed E-state index contributed by atoms with van der Waals surface area (Å²) in [4.78, 5) is 31.6. The number of carbonyl (C=O) groups excluding carboxylic acids is 2. The van der Waals surface area contributed by atoms with Crippen LogP contribution in [0.3, 0.4) is 0 Å². The van der Waals surface area contributed by atoms with E-state index in [2.05, 4.69) is 5.32 Å². The van der Waals surface area contributed by atoms with Gasteiger partial charge in [-0.2, -0.15) is 0 Å². The summed E-state index contributed by atoms with van der Waals surface area (Å²) < 4.78 is 0. The predicted octanol–water partition coefficient (Wildman–Crippen LogP) is 0.203. The lowest BCUT2D eigenvalue weighted by molar-refractivity contribution is -0.137. The van der Waals surface area contributed by atoms with Crippen LogP contribution in [0.4, 0.5) is 4.79 Å². The summed E-state index contributed by atoms with van der Waals surface area (Å²) in [6, 6.07) is 0. The van der Waals surface area contributed by atoms with Crippen molar-refractivity contribution in [2.45, 2.75) is 18.1 Å². The van der Waals surface area contributed by atoms with E-state index in [1.807, 2.05) is 0 Å². The maximum Gasteiger partial charge on any atom is 0.303 e. The van der Waals surface area contributed by atoms with E-state index in [9.17, 15) is 14.4 Å². The molecule has 0 spiro atoms. The van der Waals surface area contributed by atoms with Gasteiger partial charge in [0, 0.05) is 6.42 Å². The molecule has 5 nitrogen and oxygen atoms in total. The maximum absolute atomic E-state index is 10.9. The molecule has 0 aromatic heterocycles. The molecule has 1 atom stereocenters. The Morgan fingerprint density at radius 2 is 2.25 bits per heavy atom. The Morgan fingerprint density at radius 1 is 1.58 bits per heavy atom. The van der Waals surface area contributed by atoms with E-state index < -0.39 is 16.5 Å². The molecular formula is C6H7NO4S.